The van der Waals surface area contributed by atoms with E-state index in [1.165, 1.54) is 0 Å². The number of carbonyl (C=O) groups excluding carboxylic acids is 1. The molecule has 0 spiro atoms. The number of benzene rings is 3. The van der Waals surface area contributed by atoms with Gasteiger partial charge in [-0.2, -0.15) is 0 Å². The van der Waals surface area contributed by atoms with Crippen molar-refractivity contribution in [1.82, 2.24) is 0 Å². The second-order valence-corrected chi connectivity index (χ2v) is 7.09. The Morgan fingerprint density at radius 3 is 2.46 bits per heavy atom. The van der Waals surface area contributed by atoms with Crippen molar-refractivity contribution in [2.75, 3.05) is 5.32 Å². The zero-order valence-electron chi connectivity index (χ0n) is 15.3. The van der Waals surface area contributed by atoms with Gasteiger partial charge in [-0.15, -0.1) is 0 Å². The summed E-state index contributed by atoms with van der Waals surface area (Å²) >= 11 is 0. The maximum absolute atomic E-state index is 12.1. The van der Waals surface area contributed by atoms with Crippen LogP contribution in [-0.4, -0.2) is 11.7 Å². The molecular weight excluding hydrogens is 326 g/mol. The van der Waals surface area contributed by atoms with Crippen LogP contribution in [-0.2, 0) is 11.3 Å². The lowest BCUT2D eigenvalue weighted by Gasteiger charge is -2.20. The normalized spacial score (nSPS) is 11.2. The van der Waals surface area contributed by atoms with Gasteiger partial charge in [0.05, 0.1) is 5.69 Å². The zero-order valence-corrected chi connectivity index (χ0v) is 15.3. The van der Waals surface area contributed by atoms with Crippen LogP contribution >= 0.6 is 0 Å². The summed E-state index contributed by atoms with van der Waals surface area (Å²) in [4.78, 5) is 12.1. The van der Waals surface area contributed by atoms with Gasteiger partial charge in [0, 0.05) is 5.39 Å². The van der Waals surface area contributed by atoms with Gasteiger partial charge in [0.15, 0.2) is 0 Å². The van der Waals surface area contributed by atoms with Gasteiger partial charge in [0.2, 0.25) is 0 Å². The fraction of sp³-hybridized carbons (Fsp3) is 0.227. The van der Waals surface area contributed by atoms with Crippen molar-refractivity contribution in [2.24, 2.45) is 0 Å². The molecule has 0 atom stereocenters. The van der Waals surface area contributed by atoms with Crippen LogP contribution in [0.15, 0.2) is 66.7 Å². The Balaban J connectivity index is 1.80. The zero-order chi connectivity index (χ0) is 18.6. The summed E-state index contributed by atoms with van der Waals surface area (Å²) < 4.78 is 11.2. The minimum absolute atomic E-state index is 0.472. The molecule has 0 saturated heterocycles. The number of fused-ring (bicyclic) bond motifs is 1. The van der Waals surface area contributed by atoms with E-state index in [2.05, 4.69) is 5.32 Å². The number of carbonyl (C=O) groups is 1. The van der Waals surface area contributed by atoms with Gasteiger partial charge in [0.1, 0.15) is 18.0 Å². The van der Waals surface area contributed by atoms with Crippen molar-refractivity contribution < 1.29 is 14.3 Å². The van der Waals surface area contributed by atoms with Crippen molar-refractivity contribution in [3.63, 3.8) is 0 Å². The number of hydrogen-bond donors (Lipinski definition) is 1. The molecule has 0 aliphatic heterocycles. The van der Waals surface area contributed by atoms with Crippen LogP contribution < -0.4 is 10.1 Å². The van der Waals surface area contributed by atoms with Crippen molar-refractivity contribution in [3.8, 4) is 5.75 Å². The molecule has 0 unspecified atom stereocenters. The molecule has 4 heteroatoms. The highest BCUT2D eigenvalue weighted by molar-refractivity contribution is 6.00. The van der Waals surface area contributed by atoms with E-state index >= 15 is 0 Å². The molecule has 134 valence electrons. The molecular formula is C22H23NO3. The number of hydrogen-bond acceptors (Lipinski definition) is 3. The van der Waals surface area contributed by atoms with Crippen LogP contribution in [0.25, 0.3) is 10.8 Å². The van der Waals surface area contributed by atoms with E-state index in [-0.39, 0.29) is 0 Å². The topological polar surface area (TPSA) is 47.6 Å². The summed E-state index contributed by atoms with van der Waals surface area (Å²) in [6.07, 6.45) is -0.472. The average molecular weight is 349 g/mol. The molecule has 0 fully saturated rings. The largest absolute Gasteiger partial charge is 0.489 e. The monoisotopic (exact) mass is 349 g/mol. The number of amides is 1. The maximum atomic E-state index is 12.1. The number of anilines is 1. The van der Waals surface area contributed by atoms with Gasteiger partial charge >= 0.3 is 6.09 Å². The minimum Gasteiger partial charge on any atom is -0.489 e. The predicted molar refractivity (Wildman–Crippen MR) is 105 cm³/mol. The second-order valence-electron chi connectivity index (χ2n) is 7.09. The first-order valence-corrected chi connectivity index (χ1v) is 8.60. The molecule has 26 heavy (non-hydrogen) atoms. The lowest BCUT2D eigenvalue weighted by Crippen LogP contribution is -2.27. The first-order valence-electron chi connectivity index (χ1n) is 8.60. The minimum atomic E-state index is -0.543. The van der Waals surface area contributed by atoms with Crippen molar-refractivity contribution in [1.29, 1.82) is 0 Å². The van der Waals surface area contributed by atoms with Gasteiger partial charge in [0.25, 0.3) is 0 Å². The maximum Gasteiger partial charge on any atom is 0.412 e. The van der Waals surface area contributed by atoms with Gasteiger partial charge < -0.3 is 9.47 Å². The predicted octanol–water partition coefficient (Wildman–Crippen LogP) is 5.77. The summed E-state index contributed by atoms with van der Waals surface area (Å²) in [5, 5.41) is 4.75. The highest BCUT2D eigenvalue weighted by Gasteiger charge is 2.17. The van der Waals surface area contributed by atoms with E-state index in [4.69, 9.17) is 9.47 Å². The Kier molecular flexibility index (Phi) is 5.12. The molecule has 3 rings (SSSR count). The lowest BCUT2D eigenvalue weighted by atomic mass is 10.1. The first-order chi connectivity index (χ1) is 12.4. The molecule has 1 N–H and O–H groups in total. The molecule has 4 nitrogen and oxygen atoms in total. The van der Waals surface area contributed by atoms with Crippen LogP contribution in [0.2, 0.25) is 0 Å². The van der Waals surface area contributed by atoms with Crippen LogP contribution in [0.1, 0.15) is 26.3 Å². The van der Waals surface area contributed by atoms with Crippen molar-refractivity contribution in [3.05, 3.63) is 72.3 Å². The van der Waals surface area contributed by atoms with Crippen molar-refractivity contribution >= 4 is 22.6 Å². The lowest BCUT2D eigenvalue weighted by molar-refractivity contribution is 0.0636. The molecule has 1 amide bonds. The molecule has 3 aromatic rings. The fourth-order valence-electron chi connectivity index (χ4n) is 2.61. The Labute approximate surface area is 153 Å². The molecule has 0 aliphatic carbocycles. The summed E-state index contributed by atoms with van der Waals surface area (Å²) in [6.45, 7) is 6.01. The third-order valence-corrected chi connectivity index (χ3v) is 3.74. The molecule has 0 radical (unpaired) electrons. The smallest absolute Gasteiger partial charge is 0.412 e. The Morgan fingerprint density at radius 2 is 1.73 bits per heavy atom. The Hall–Kier alpha value is -3.01. The Morgan fingerprint density at radius 1 is 0.962 bits per heavy atom. The van der Waals surface area contributed by atoms with Crippen LogP contribution in [0.3, 0.4) is 0 Å². The molecule has 0 bridgehead atoms. The highest BCUT2D eigenvalue weighted by Crippen LogP contribution is 2.28. The molecule has 0 aliphatic rings. The van der Waals surface area contributed by atoms with Gasteiger partial charge in [-0.05, 0) is 49.9 Å². The van der Waals surface area contributed by atoms with Crippen LogP contribution in [0.4, 0.5) is 10.5 Å². The third kappa shape index (κ3) is 4.76. The van der Waals surface area contributed by atoms with Crippen LogP contribution in [0.5, 0.6) is 5.75 Å². The SMILES string of the molecule is CC(C)(C)OC(=O)Nc1cccc2ccc(OCc3ccccc3)cc12. The molecule has 0 heterocycles. The summed E-state index contributed by atoms with van der Waals surface area (Å²) in [7, 11) is 0. The molecule has 0 aromatic heterocycles. The number of nitrogens with one attached hydrogen (secondary N) is 1. The first kappa shape index (κ1) is 17.8. The van der Waals surface area contributed by atoms with Gasteiger partial charge in [-0.25, -0.2) is 4.79 Å². The average Bonchev–Trinajstić information content (AvgIpc) is 2.59. The molecule has 3 aromatic carbocycles. The van der Waals surface area contributed by atoms with Crippen LogP contribution in [0, 0.1) is 0 Å². The number of ether oxygens (including phenoxy) is 2. The third-order valence-electron chi connectivity index (χ3n) is 3.74. The fourth-order valence-corrected chi connectivity index (χ4v) is 2.61. The Bertz CT molecular complexity index is 898. The van der Waals surface area contributed by atoms with Crippen molar-refractivity contribution in [2.45, 2.75) is 33.0 Å². The van der Waals surface area contributed by atoms with Gasteiger partial charge in [-0.1, -0.05) is 48.5 Å². The second kappa shape index (κ2) is 7.48. The van der Waals surface area contributed by atoms with E-state index in [1.807, 2.05) is 87.5 Å². The summed E-state index contributed by atoms with van der Waals surface area (Å²) in [5.41, 5.74) is 1.26. The van der Waals surface area contributed by atoms with E-state index < -0.39 is 11.7 Å². The summed E-state index contributed by atoms with van der Waals surface area (Å²) in [5.74, 6) is 0.750. The van der Waals surface area contributed by atoms with E-state index in [9.17, 15) is 4.79 Å². The van der Waals surface area contributed by atoms with Gasteiger partial charge in [-0.3, -0.25) is 5.32 Å². The standard InChI is InChI=1S/C22H23NO3/c1-22(2,3)26-21(24)23-20-11-7-10-17-12-13-18(14-19(17)20)25-15-16-8-5-4-6-9-16/h4-14H,15H2,1-3H3,(H,23,24). The number of rotatable bonds is 4. The van der Waals surface area contributed by atoms with E-state index in [1.54, 1.807) is 0 Å². The summed E-state index contributed by atoms with van der Waals surface area (Å²) in [6, 6.07) is 21.6. The van der Waals surface area contributed by atoms with E-state index in [0.717, 1.165) is 22.1 Å². The quantitative estimate of drug-likeness (QED) is 0.651. The molecule has 0 saturated carbocycles. The highest BCUT2D eigenvalue weighted by atomic mass is 16.6. The van der Waals surface area contributed by atoms with E-state index in [0.29, 0.717) is 12.3 Å².